The number of hydrogen-bond donors (Lipinski definition) is 0. The molecule has 140 valence electrons. The van der Waals surface area contributed by atoms with Crippen molar-refractivity contribution in [2.45, 2.75) is 32.1 Å². The van der Waals surface area contributed by atoms with Crippen LogP contribution in [0.1, 0.15) is 48.0 Å². The summed E-state index contributed by atoms with van der Waals surface area (Å²) in [5.41, 5.74) is 1.38. The average molecular weight is 364 g/mol. The molecule has 0 aromatic heterocycles. The fraction of sp³-hybridized carbons (Fsp3) is 0.304. The smallest absolute Gasteiger partial charge is 0.314 e. The first-order valence-corrected chi connectivity index (χ1v) is 9.34. The van der Waals surface area contributed by atoms with Crippen LogP contribution >= 0.6 is 0 Å². The van der Waals surface area contributed by atoms with Gasteiger partial charge < -0.3 is 9.47 Å². The van der Waals surface area contributed by atoms with Gasteiger partial charge in [0.1, 0.15) is 11.5 Å². The quantitative estimate of drug-likeness (QED) is 0.310. The van der Waals surface area contributed by atoms with Gasteiger partial charge in [0.05, 0.1) is 13.0 Å². The van der Waals surface area contributed by atoms with E-state index in [4.69, 9.17) is 9.47 Å². The highest BCUT2D eigenvalue weighted by Gasteiger charge is 2.22. The number of carbonyl (C=O) groups excluding carboxylic acids is 2. The molecule has 0 amide bonds. The Morgan fingerprint density at radius 3 is 2.37 bits per heavy atom. The van der Waals surface area contributed by atoms with Crippen molar-refractivity contribution in [3.05, 3.63) is 65.7 Å². The predicted molar refractivity (Wildman–Crippen MR) is 105 cm³/mol. The normalized spacial score (nSPS) is 14.9. The number of esters is 1. The Bertz CT molecular complexity index is 815. The molecule has 1 fully saturated rings. The third-order valence-electron chi connectivity index (χ3n) is 4.85. The van der Waals surface area contributed by atoms with E-state index in [0.29, 0.717) is 17.1 Å². The van der Waals surface area contributed by atoms with Crippen LogP contribution in [0.5, 0.6) is 11.5 Å². The lowest BCUT2D eigenvalue weighted by Gasteiger charge is -2.19. The molecule has 4 nitrogen and oxygen atoms in total. The maximum absolute atomic E-state index is 12.4. The summed E-state index contributed by atoms with van der Waals surface area (Å²) in [5.74, 6) is 0.919. The number of carbonyl (C=O) groups is 2. The lowest BCUT2D eigenvalue weighted by atomic mass is 9.89. The van der Waals surface area contributed by atoms with Crippen LogP contribution in [0.15, 0.2) is 54.6 Å². The summed E-state index contributed by atoms with van der Waals surface area (Å²) in [7, 11) is 1.60. The maximum atomic E-state index is 12.4. The van der Waals surface area contributed by atoms with E-state index < -0.39 is 0 Å². The summed E-state index contributed by atoms with van der Waals surface area (Å²) >= 11 is 0. The van der Waals surface area contributed by atoms with Crippen molar-refractivity contribution in [2.75, 3.05) is 7.11 Å². The van der Waals surface area contributed by atoms with Crippen molar-refractivity contribution in [3.63, 3.8) is 0 Å². The Morgan fingerprint density at radius 2 is 1.67 bits per heavy atom. The van der Waals surface area contributed by atoms with E-state index in [-0.39, 0.29) is 17.7 Å². The maximum Gasteiger partial charge on any atom is 0.314 e. The predicted octanol–water partition coefficient (Wildman–Crippen LogP) is 5.08. The molecule has 0 radical (unpaired) electrons. The second-order valence-electron chi connectivity index (χ2n) is 6.72. The molecule has 1 aliphatic rings. The van der Waals surface area contributed by atoms with Gasteiger partial charge in [-0.25, -0.2) is 0 Å². The van der Waals surface area contributed by atoms with Crippen LogP contribution in [-0.4, -0.2) is 18.9 Å². The molecule has 0 heterocycles. The number of ketones is 1. The van der Waals surface area contributed by atoms with Gasteiger partial charge in [-0.3, -0.25) is 9.59 Å². The van der Waals surface area contributed by atoms with Crippen molar-refractivity contribution in [1.29, 1.82) is 0 Å². The molecular weight excluding hydrogens is 340 g/mol. The van der Waals surface area contributed by atoms with E-state index in [2.05, 4.69) is 0 Å². The molecule has 1 aliphatic carbocycles. The zero-order chi connectivity index (χ0) is 19.1. The second-order valence-corrected chi connectivity index (χ2v) is 6.72. The van der Waals surface area contributed by atoms with Crippen LogP contribution in [-0.2, 0) is 4.79 Å². The Balaban J connectivity index is 1.61. The van der Waals surface area contributed by atoms with Crippen LogP contribution in [0, 0.1) is 5.92 Å². The first-order chi connectivity index (χ1) is 13.2. The first-order valence-electron chi connectivity index (χ1n) is 9.34. The number of hydrogen-bond acceptors (Lipinski definition) is 4. The zero-order valence-electron chi connectivity index (χ0n) is 15.5. The fourth-order valence-corrected chi connectivity index (χ4v) is 3.29. The average Bonchev–Trinajstić information content (AvgIpc) is 2.73. The van der Waals surface area contributed by atoms with Gasteiger partial charge in [0.2, 0.25) is 0 Å². The van der Waals surface area contributed by atoms with E-state index in [0.717, 1.165) is 31.2 Å². The molecule has 4 heteroatoms. The van der Waals surface area contributed by atoms with Crippen LogP contribution in [0.2, 0.25) is 0 Å². The molecule has 2 aromatic rings. The van der Waals surface area contributed by atoms with Gasteiger partial charge in [-0.15, -0.1) is 0 Å². The minimum Gasteiger partial charge on any atom is -0.496 e. The fourth-order valence-electron chi connectivity index (χ4n) is 3.29. The molecule has 0 bridgehead atoms. The van der Waals surface area contributed by atoms with E-state index in [1.54, 1.807) is 37.5 Å². The highest BCUT2D eigenvalue weighted by molar-refractivity contribution is 6.07. The molecule has 0 N–H and O–H groups in total. The van der Waals surface area contributed by atoms with Crippen LogP contribution < -0.4 is 9.47 Å². The Kier molecular flexibility index (Phi) is 6.42. The zero-order valence-corrected chi connectivity index (χ0v) is 15.5. The van der Waals surface area contributed by atoms with Crippen LogP contribution in [0.25, 0.3) is 6.08 Å². The Labute approximate surface area is 159 Å². The lowest BCUT2D eigenvalue weighted by molar-refractivity contribution is -0.139. The highest BCUT2D eigenvalue weighted by Crippen LogP contribution is 2.26. The van der Waals surface area contributed by atoms with Crippen LogP contribution in [0.3, 0.4) is 0 Å². The van der Waals surface area contributed by atoms with E-state index in [9.17, 15) is 9.59 Å². The van der Waals surface area contributed by atoms with Gasteiger partial charge in [-0.05, 0) is 55.3 Å². The number of methoxy groups -OCH3 is 1. The number of para-hydroxylation sites is 1. The third kappa shape index (κ3) is 5.07. The highest BCUT2D eigenvalue weighted by atomic mass is 16.5. The Hall–Kier alpha value is -2.88. The Morgan fingerprint density at radius 1 is 0.963 bits per heavy atom. The standard InChI is InChI=1S/C23H24O4/c1-26-22-10-6-5-7-18(22)13-16-21(24)17-11-14-20(15-12-17)27-23(25)19-8-3-2-4-9-19/h5-7,10-16,19H,2-4,8-9H2,1H3. The summed E-state index contributed by atoms with van der Waals surface area (Å²) in [5, 5.41) is 0. The van der Waals surface area contributed by atoms with E-state index >= 15 is 0 Å². The molecule has 3 rings (SSSR count). The minimum absolute atomic E-state index is 0.00356. The molecular formula is C23H24O4. The summed E-state index contributed by atoms with van der Waals surface area (Å²) in [4.78, 5) is 24.6. The van der Waals surface area contributed by atoms with Gasteiger partial charge >= 0.3 is 5.97 Å². The van der Waals surface area contributed by atoms with Gasteiger partial charge in [0.25, 0.3) is 0 Å². The topological polar surface area (TPSA) is 52.6 Å². The molecule has 1 saturated carbocycles. The van der Waals surface area contributed by atoms with Crippen LogP contribution in [0.4, 0.5) is 0 Å². The van der Waals surface area contributed by atoms with Crippen molar-refractivity contribution >= 4 is 17.8 Å². The second kappa shape index (κ2) is 9.17. The van der Waals surface area contributed by atoms with Gasteiger partial charge in [-0.1, -0.05) is 37.5 Å². The molecule has 0 saturated heterocycles. The van der Waals surface area contributed by atoms with Crippen molar-refractivity contribution < 1.29 is 19.1 Å². The number of allylic oxidation sites excluding steroid dienone is 1. The third-order valence-corrected chi connectivity index (χ3v) is 4.85. The number of benzene rings is 2. The largest absolute Gasteiger partial charge is 0.496 e. The van der Waals surface area contributed by atoms with E-state index in [1.807, 2.05) is 24.3 Å². The van der Waals surface area contributed by atoms with Gasteiger partial charge in [0, 0.05) is 11.1 Å². The van der Waals surface area contributed by atoms with E-state index in [1.165, 1.54) is 12.5 Å². The molecule has 27 heavy (non-hydrogen) atoms. The van der Waals surface area contributed by atoms with Crippen molar-refractivity contribution in [1.82, 2.24) is 0 Å². The SMILES string of the molecule is COc1ccccc1C=CC(=O)c1ccc(OC(=O)C2CCCCC2)cc1. The number of ether oxygens (including phenoxy) is 2. The lowest BCUT2D eigenvalue weighted by Crippen LogP contribution is -2.22. The summed E-state index contributed by atoms with van der Waals surface area (Å²) in [6.07, 6.45) is 8.44. The number of rotatable bonds is 6. The minimum atomic E-state index is -0.162. The van der Waals surface area contributed by atoms with Crippen molar-refractivity contribution in [3.8, 4) is 11.5 Å². The molecule has 0 unspecified atom stereocenters. The molecule has 0 atom stereocenters. The van der Waals surface area contributed by atoms with Crippen molar-refractivity contribution in [2.24, 2.45) is 5.92 Å². The summed E-state index contributed by atoms with van der Waals surface area (Å²) in [6.45, 7) is 0. The monoisotopic (exact) mass is 364 g/mol. The molecule has 2 aromatic carbocycles. The van der Waals surface area contributed by atoms with Gasteiger partial charge in [0.15, 0.2) is 5.78 Å². The molecule has 0 spiro atoms. The first kappa shape index (κ1) is 18.9. The molecule has 0 aliphatic heterocycles. The summed E-state index contributed by atoms with van der Waals surface area (Å²) < 4.78 is 10.7. The summed E-state index contributed by atoms with van der Waals surface area (Å²) in [6, 6.07) is 14.2. The van der Waals surface area contributed by atoms with Gasteiger partial charge in [-0.2, -0.15) is 0 Å².